The van der Waals surface area contributed by atoms with E-state index < -0.39 is 17.4 Å². The van der Waals surface area contributed by atoms with Crippen LogP contribution < -0.4 is 21.5 Å². The van der Waals surface area contributed by atoms with Crippen molar-refractivity contribution in [2.45, 2.75) is 18.9 Å². The molecular formula is C18H23N5O4S. The van der Waals surface area contributed by atoms with E-state index in [4.69, 9.17) is 20.9 Å². The number of carbonyl (C=O) groups excluding carboxylic acids is 2. The van der Waals surface area contributed by atoms with Crippen LogP contribution in [-0.4, -0.2) is 47.0 Å². The number of rotatable bonds is 6. The minimum absolute atomic E-state index is 0.0493. The quantitative estimate of drug-likeness (QED) is 0.516. The number of hydrogen-bond donors (Lipinski definition) is 4. The molecule has 1 saturated heterocycles. The molecule has 1 aromatic heterocycles. The van der Waals surface area contributed by atoms with Crippen LogP contribution in [-0.2, 0) is 16.6 Å². The maximum Gasteiger partial charge on any atom is 0.271 e. The molecule has 150 valence electrons. The predicted octanol–water partition coefficient (Wildman–Crippen LogP) is 0.446. The number of amides is 2. The zero-order valence-corrected chi connectivity index (χ0v) is 16.6. The van der Waals surface area contributed by atoms with Gasteiger partial charge in [-0.25, -0.2) is 0 Å². The third-order valence-corrected chi connectivity index (χ3v) is 5.18. The van der Waals surface area contributed by atoms with Gasteiger partial charge in [-0.2, -0.15) is 5.10 Å². The van der Waals surface area contributed by atoms with Gasteiger partial charge in [-0.3, -0.25) is 14.3 Å². The average Bonchev–Trinajstić information content (AvgIpc) is 3.23. The predicted molar refractivity (Wildman–Crippen MR) is 107 cm³/mol. The van der Waals surface area contributed by atoms with E-state index in [-0.39, 0.29) is 13.2 Å². The number of nitrogens with one attached hydrogen (secondary N) is 1. The molecule has 10 heteroatoms. The molecule has 1 aromatic carbocycles. The molecule has 1 aliphatic rings. The molecular weight excluding hydrogens is 382 g/mol. The summed E-state index contributed by atoms with van der Waals surface area (Å²) in [6, 6.07) is 5.22. The zero-order chi connectivity index (χ0) is 20.5. The van der Waals surface area contributed by atoms with Gasteiger partial charge < -0.3 is 26.3 Å². The molecule has 0 bridgehead atoms. The summed E-state index contributed by atoms with van der Waals surface area (Å²) in [4.78, 5) is 25.5. The molecule has 3 rings (SSSR count). The maximum absolute atomic E-state index is 13.0. The third-order valence-electron chi connectivity index (χ3n) is 4.70. The number of aryl methyl sites for hydroxylation is 1. The number of benzene rings is 1. The van der Waals surface area contributed by atoms with Crippen molar-refractivity contribution in [2.24, 2.45) is 18.5 Å². The Bertz CT molecular complexity index is 958. The molecule has 9 nitrogen and oxygen atoms in total. The number of hydrogen-bond acceptors (Lipinski definition) is 7. The Balaban J connectivity index is 1.91. The summed E-state index contributed by atoms with van der Waals surface area (Å²) in [6.07, 6.45) is 0.327. The highest BCUT2D eigenvalue weighted by molar-refractivity contribution is 7.84. The summed E-state index contributed by atoms with van der Waals surface area (Å²) in [7, 11) is 1.66. The van der Waals surface area contributed by atoms with Crippen LogP contribution in [0.2, 0.25) is 0 Å². The van der Waals surface area contributed by atoms with E-state index in [1.54, 1.807) is 32.2 Å². The highest BCUT2D eigenvalue weighted by Crippen LogP contribution is 2.26. The number of thiol groups is 1. The number of nitrogens with zero attached hydrogens (tertiary/aromatic N) is 2. The van der Waals surface area contributed by atoms with E-state index >= 15 is 0 Å². The molecule has 0 radical (unpaired) electrons. The number of primary amides is 1. The molecule has 2 heterocycles. The second-order valence-corrected chi connectivity index (χ2v) is 7.31. The lowest BCUT2D eigenvalue weighted by molar-refractivity contribution is -0.124. The zero-order valence-electron chi connectivity index (χ0n) is 15.7. The Labute approximate surface area is 167 Å². The van der Waals surface area contributed by atoms with Gasteiger partial charge in [-0.15, -0.1) is 12.6 Å². The smallest absolute Gasteiger partial charge is 0.271 e. The number of ether oxygens (including phenoxy) is 2. The fraction of sp³-hybridized carbons (Fsp3) is 0.389. The van der Waals surface area contributed by atoms with Crippen molar-refractivity contribution in [3.05, 3.63) is 34.5 Å². The monoisotopic (exact) mass is 405 g/mol. The maximum atomic E-state index is 13.0. The molecule has 0 saturated carbocycles. The van der Waals surface area contributed by atoms with Crippen LogP contribution in [0.15, 0.2) is 28.8 Å². The SMILES string of the molecule is C/C(N)=C(/S)COc1ccc2nn(C)c(C(=O)NC3(C(N)=O)CCOC3)c2c1. The Hall–Kier alpha value is -2.72. The van der Waals surface area contributed by atoms with Crippen molar-refractivity contribution in [1.82, 2.24) is 15.1 Å². The molecule has 0 spiro atoms. The molecule has 1 fully saturated rings. The lowest BCUT2D eigenvalue weighted by atomic mass is 9.97. The van der Waals surface area contributed by atoms with E-state index in [9.17, 15) is 9.59 Å². The van der Waals surface area contributed by atoms with Gasteiger partial charge in [0, 0.05) is 36.1 Å². The molecule has 2 aromatic rings. The molecule has 2 amide bonds. The number of nitrogens with two attached hydrogens (primary N) is 2. The average molecular weight is 405 g/mol. The summed E-state index contributed by atoms with van der Waals surface area (Å²) >= 11 is 4.27. The van der Waals surface area contributed by atoms with Gasteiger partial charge >= 0.3 is 0 Å². The Kier molecular flexibility index (Phi) is 5.52. The highest BCUT2D eigenvalue weighted by Gasteiger charge is 2.43. The van der Waals surface area contributed by atoms with E-state index in [1.165, 1.54) is 4.68 Å². The van der Waals surface area contributed by atoms with Crippen LogP contribution in [0.5, 0.6) is 5.75 Å². The molecule has 1 atom stereocenters. The van der Waals surface area contributed by atoms with Crippen molar-refractivity contribution in [2.75, 3.05) is 19.8 Å². The molecule has 28 heavy (non-hydrogen) atoms. The third kappa shape index (κ3) is 3.78. The fourth-order valence-electron chi connectivity index (χ4n) is 3.00. The van der Waals surface area contributed by atoms with Gasteiger partial charge in [0.15, 0.2) is 0 Å². The summed E-state index contributed by atoms with van der Waals surface area (Å²) in [5.74, 6) is -0.547. The van der Waals surface area contributed by atoms with E-state index in [0.29, 0.717) is 46.0 Å². The molecule has 1 unspecified atom stereocenters. The van der Waals surface area contributed by atoms with Crippen molar-refractivity contribution in [1.29, 1.82) is 0 Å². The van der Waals surface area contributed by atoms with Crippen LogP contribution >= 0.6 is 12.6 Å². The second-order valence-electron chi connectivity index (χ2n) is 6.77. The van der Waals surface area contributed by atoms with Gasteiger partial charge in [-0.1, -0.05) is 0 Å². The molecule has 1 aliphatic heterocycles. The minimum Gasteiger partial charge on any atom is -0.488 e. The van der Waals surface area contributed by atoms with Crippen LogP contribution in [0.4, 0.5) is 0 Å². The van der Waals surface area contributed by atoms with Crippen molar-refractivity contribution in [3.8, 4) is 5.75 Å². The lowest BCUT2D eigenvalue weighted by Gasteiger charge is -2.24. The largest absolute Gasteiger partial charge is 0.488 e. The van der Waals surface area contributed by atoms with Gasteiger partial charge in [0.05, 0.1) is 12.1 Å². The van der Waals surface area contributed by atoms with Crippen molar-refractivity contribution >= 4 is 35.3 Å². The number of aromatic nitrogens is 2. The number of carbonyl (C=O) groups is 2. The minimum atomic E-state index is -1.22. The second kappa shape index (κ2) is 7.72. The van der Waals surface area contributed by atoms with Gasteiger partial charge in [0.25, 0.3) is 5.91 Å². The molecule has 5 N–H and O–H groups in total. The summed E-state index contributed by atoms with van der Waals surface area (Å²) in [5, 5.41) is 7.67. The topological polar surface area (TPSA) is 134 Å². The van der Waals surface area contributed by atoms with Gasteiger partial charge in [0.1, 0.15) is 23.6 Å². The first-order valence-corrected chi connectivity index (χ1v) is 9.12. The Morgan fingerprint density at radius 1 is 1.43 bits per heavy atom. The van der Waals surface area contributed by atoms with Crippen LogP contribution in [0.3, 0.4) is 0 Å². The first-order chi connectivity index (χ1) is 13.2. The van der Waals surface area contributed by atoms with Crippen molar-refractivity contribution in [3.63, 3.8) is 0 Å². The van der Waals surface area contributed by atoms with Gasteiger partial charge in [-0.05, 0) is 25.1 Å². The Morgan fingerprint density at radius 3 is 2.79 bits per heavy atom. The fourth-order valence-corrected chi connectivity index (χ4v) is 3.06. The summed E-state index contributed by atoms with van der Waals surface area (Å²) < 4.78 is 12.4. The standard InChI is InChI=1S/C18H23N5O4S/c1-10(19)14(28)8-27-11-3-4-13-12(7-11)15(23(2)22-13)16(24)21-18(17(20)25)5-6-26-9-18/h3-4,7,28H,5-6,8-9,19H2,1-2H3,(H2,20,25)(H,21,24)/b14-10-. The van der Waals surface area contributed by atoms with E-state index in [1.807, 2.05) is 0 Å². The van der Waals surface area contributed by atoms with Crippen LogP contribution in [0.25, 0.3) is 10.9 Å². The van der Waals surface area contributed by atoms with Gasteiger partial charge in [0.2, 0.25) is 5.91 Å². The Morgan fingerprint density at radius 2 is 2.18 bits per heavy atom. The highest BCUT2D eigenvalue weighted by atomic mass is 32.1. The first-order valence-electron chi connectivity index (χ1n) is 8.67. The molecule has 0 aliphatic carbocycles. The normalized spacial score (nSPS) is 20.1. The van der Waals surface area contributed by atoms with Crippen LogP contribution in [0.1, 0.15) is 23.8 Å². The van der Waals surface area contributed by atoms with Crippen LogP contribution in [0, 0.1) is 0 Å². The number of allylic oxidation sites excluding steroid dienone is 1. The summed E-state index contributed by atoms with van der Waals surface area (Å²) in [6.45, 7) is 2.35. The van der Waals surface area contributed by atoms with Crippen molar-refractivity contribution < 1.29 is 19.1 Å². The summed E-state index contributed by atoms with van der Waals surface area (Å²) in [5.41, 5.74) is 11.5. The van der Waals surface area contributed by atoms with E-state index in [2.05, 4.69) is 23.0 Å². The first kappa shape index (κ1) is 20.0. The lowest BCUT2D eigenvalue weighted by Crippen LogP contribution is -2.58. The number of fused-ring (bicyclic) bond motifs is 1. The van der Waals surface area contributed by atoms with E-state index in [0.717, 1.165) is 0 Å².